The molecule has 0 amide bonds. The fraction of sp³-hybridized carbons (Fsp3) is 0.143. The van der Waals surface area contributed by atoms with Crippen LogP contribution in [0.5, 0.6) is 5.75 Å². The van der Waals surface area contributed by atoms with Crippen LogP contribution in [-0.2, 0) is 6.54 Å². The number of ether oxygens (including phenoxy) is 1. The smallest absolute Gasteiger partial charge is 0.274 e. The molecule has 0 fully saturated rings. The van der Waals surface area contributed by atoms with E-state index < -0.39 is 10.7 Å². The molecule has 0 aliphatic heterocycles. The van der Waals surface area contributed by atoms with E-state index in [1.807, 2.05) is 0 Å². The Labute approximate surface area is 129 Å². The Morgan fingerprint density at radius 2 is 2.10 bits per heavy atom. The molecule has 2 aromatic rings. The van der Waals surface area contributed by atoms with Gasteiger partial charge in [0.2, 0.25) is 0 Å². The third-order valence-corrected chi connectivity index (χ3v) is 3.57. The Morgan fingerprint density at radius 1 is 1.33 bits per heavy atom. The quantitative estimate of drug-likeness (QED) is 0.647. The molecule has 110 valence electrons. The first-order chi connectivity index (χ1) is 10.0. The van der Waals surface area contributed by atoms with E-state index >= 15 is 0 Å². The van der Waals surface area contributed by atoms with Crippen molar-refractivity contribution in [2.75, 3.05) is 12.4 Å². The molecule has 0 aliphatic carbocycles. The van der Waals surface area contributed by atoms with Gasteiger partial charge in [-0.2, -0.15) is 0 Å². The predicted octanol–water partition coefficient (Wildman–Crippen LogP) is 4.12. The molecule has 7 heteroatoms. The van der Waals surface area contributed by atoms with Gasteiger partial charge in [0.15, 0.2) is 0 Å². The summed E-state index contributed by atoms with van der Waals surface area (Å²) in [7, 11) is 1.55. The van der Waals surface area contributed by atoms with Crippen LogP contribution in [0.2, 0.25) is 0 Å². The molecule has 0 saturated heterocycles. The average Bonchev–Trinajstić information content (AvgIpc) is 2.46. The Bertz CT molecular complexity index is 679. The monoisotopic (exact) mass is 354 g/mol. The Hall–Kier alpha value is -2.15. The number of nitrogens with zero attached hydrogens (tertiary/aromatic N) is 1. The molecule has 0 saturated carbocycles. The van der Waals surface area contributed by atoms with Crippen LogP contribution < -0.4 is 10.1 Å². The molecule has 0 radical (unpaired) electrons. The van der Waals surface area contributed by atoms with Gasteiger partial charge in [0.1, 0.15) is 11.6 Å². The van der Waals surface area contributed by atoms with Gasteiger partial charge in [0.25, 0.3) is 5.69 Å². The lowest BCUT2D eigenvalue weighted by Crippen LogP contribution is -2.04. The molecular formula is C14H12BrFN2O3. The number of benzene rings is 2. The minimum Gasteiger partial charge on any atom is -0.497 e. The second-order valence-corrected chi connectivity index (χ2v) is 5.08. The van der Waals surface area contributed by atoms with E-state index in [0.717, 1.165) is 22.7 Å². The van der Waals surface area contributed by atoms with Gasteiger partial charge in [0, 0.05) is 23.2 Å². The van der Waals surface area contributed by atoms with Gasteiger partial charge in [-0.05, 0) is 40.2 Å². The fourth-order valence-electron chi connectivity index (χ4n) is 1.83. The summed E-state index contributed by atoms with van der Waals surface area (Å²) >= 11 is 3.37. The molecule has 0 aliphatic rings. The summed E-state index contributed by atoms with van der Waals surface area (Å²) in [6.07, 6.45) is 0. The van der Waals surface area contributed by atoms with E-state index in [2.05, 4.69) is 21.2 Å². The van der Waals surface area contributed by atoms with E-state index in [9.17, 15) is 14.5 Å². The molecule has 0 unspecified atom stereocenters. The zero-order chi connectivity index (χ0) is 15.4. The third-order valence-electron chi connectivity index (χ3n) is 2.88. The maximum absolute atomic E-state index is 13.3. The molecule has 0 atom stereocenters. The summed E-state index contributed by atoms with van der Waals surface area (Å²) in [4.78, 5) is 10.4. The fourth-order valence-corrected chi connectivity index (χ4v) is 2.22. The lowest BCUT2D eigenvalue weighted by atomic mass is 10.1. The molecule has 21 heavy (non-hydrogen) atoms. The van der Waals surface area contributed by atoms with Gasteiger partial charge >= 0.3 is 0 Å². The van der Waals surface area contributed by atoms with Crippen LogP contribution in [0.4, 0.5) is 15.8 Å². The molecule has 1 N–H and O–H groups in total. The van der Waals surface area contributed by atoms with Gasteiger partial charge in [0.05, 0.1) is 23.3 Å². The number of nitro groups is 1. The SMILES string of the molecule is COc1ccc(Br)c(NCc2cc(F)ccc2[N+](=O)[O-])c1. The first-order valence-corrected chi connectivity index (χ1v) is 6.81. The second-order valence-electron chi connectivity index (χ2n) is 4.23. The number of hydrogen-bond donors (Lipinski definition) is 1. The maximum Gasteiger partial charge on any atom is 0.274 e. The minimum atomic E-state index is -0.531. The van der Waals surface area contributed by atoms with Gasteiger partial charge in [-0.3, -0.25) is 10.1 Å². The van der Waals surface area contributed by atoms with Crippen molar-refractivity contribution in [2.24, 2.45) is 0 Å². The Kier molecular flexibility index (Phi) is 4.74. The highest BCUT2D eigenvalue weighted by Crippen LogP contribution is 2.28. The number of nitrogens with one attached hydrogen (secondary N) is 1. The number of nitro benzene ring substituents is 1. The van der Waals surface area contributed by atoms with Crippen LogP contribution in [0.3, 0.4) is 0 Å². The van der Waals surface area contributed by atoms with Crippen molar-refractivity contribution in [1.29, 1.82) is 0 Å². The number of hydrogen-bond acceptors (Lipinski definition) is 4. The molecule has 2 aromatic carbocycles. The van der Waals surface area contributed by atoms with E-state index in [1.165, 1.54) is 0 Å². The summed E-state index contributed by atoms with van der Waals surface area (Å²) in [5, 5.41) is 14.0. The van der Waals surface area contributed by atoms with E-state index in [0.29, 0.717) is 11.4 Å². The van der Waals surface area contributed by atoms with Crippen LogP contribution in [0.25, 0.3) is 0 Å². The largest absolute Gasteiger partial charge is 0.497 e. The predicted molar refractivity (Wildman–Crippen MR) is 81.1 cm³/mol. The van der Waals surface area contributed by atoms with Crippen molar-refractivity contribution in [1.82, 2.24) is 0 Å². The number of rotatable bonds is 5. The molecule has 0 aromatic heterocycles. The summed E-state index contributed by atoms with van der Waals surface area (Å²) < 4.78 is 19.1. The van der Waals surface area contributed by atoms with Gasteiger partial charge < -0.3 is 10.1 Å². The number of anilines is 1. The first-order valence-electron chi connectivity index (χ1n) is 6.01. The zero-order valence-electron chi connectivity index (χ0n) is 11.1. The van der Waals surface area contributed by atoms with Crippen LogP contribution in [0, 0.1) is 15.9 Å². The van der Waals surface area contributed by atoms with Crippen molar-refractivity contribution in [3.05, 3.63) is 62.4 Å². The van der Waals surface area contributed by atoms with Crippen molar-refractivity contribution in [2.45, 2.75) is 6.54 Å². The van der Waals surface area contributed by atoms with Gasteiger partial charge in [-0.15, -0.1) is 0 Å². The van der Waals surface area contributed by atoms with Crippen LogP contribution in [0.1, 0.15) is 5.56 Å². The van der Waals surface area contributed by atoms with E-state index in [1.54, 1.807) is 25.3 Å². The second kappa shape index (κ2) is 6.53. The molecule has 0 bridgehead atoms. The van der Waals surface area contributed by atoms with Gasteiger partial charge in [-0.1, -0.05) is 0 Å². The highest BCUT2D eigenvalue weighted by atomic mass is 79.9. The molecular weight excluding hydrogens is 343 g/mol. The Morgan fingerprint density at radius 3 is 2.76 bits per heavy atom. The van der Waals surface area contributed by atoms with Crippen LogP contribution in [0.15, 0.2) is 40.9 Å². The summed E-state index contributed by atoms with van der Waals surface area (Å²) in [6, 6.07) is 8.70. The standard InChI is InChI=1S/C14H12BrFN2O3/c1-21-11-3-4-12(15)13(7-11)17-8-9-6-10(16)2-5-14(9)18(19)20/h2-7,17H,8H2,1H3. The summed E-state index contributed by atoms with van der Waals surface area (Å²) in [5.74, 6) is 0.136. The molecule has 0 heterocycles. The van der Waals surface area contributed by atoms with Crippen molar-refractivity contribution < 1.29 is 14.1 Å². The van der Waals surface area contributed by atoms with Crippen molar-refractivity contribution in [3.8, 4) is 5.75 Å². The molecule has 5 nitrogen and oxygen atoms in total. The average molecular weight is 355 g/mol. The lowest BCUT2D eigenvalue weighted by molar-refractivity contribution is -0.385. The number of methoxy groups -OCH3 is 1. The summed E-state index contributed by atoms with van der Waals surface area (Å²) in [6.45, 7) is 0.125. The Balaban J connectivity index is 2.24. The first kappa shape index (κ1) is 15.2. The topological polar surface area (TPSA) is 64.4 Å². The highest BCUT2D eigenvalue weighted by molar-refractivity contribution is 9.10. The van der Waals surface area contributed by atoms with Crippen LogP contribution in [-0.4, -0.2) is 12.0 Å². The summed E-state index contributed by atoms with van der Waals surface area (Å²) in [5.41, 5.74) is 0.852. The highest BCUT2D eigenvalue weighted by Gasteiger charge is 2.14. The lowest BCUT2D eigenvalue weighted by Gasteiger charge is -2.10. The third kappa shape index (κ3) is 3.69. The van der Waals surface area contributed by atoms with E-state index in [4.69, 9.17) is 4.74 Å². The van der Waals surface area contributed by atoms with E-state index in [-0.39, 0.29) is 17.8 Å². The minimum absolute atomic E-state index is 0.122. The number of halogens is 2. The molecule has 2 rings (SSSR count). The van der Waals surface area contributed by atoms with Gasteiger partial charge in [-0.25, -0.2) is 4.39 Å². The van der Waals surface area contributed by atoms with Crippen LogP contribution >= 0.6 is 15.9 Å². The zero-order valence-corrected chi connectivity index (χ0v) is 12.7. The normalized spacial score (nSPS) is 10.2. The van der Waals surface area contributed by atoms with Crippen molar-refractivity contribution in [3.63, 3.8) is 0 Å². The maximum atomic E-state index is 13.3. The molecule has 0 spiro atoms. The van der Waals surface area contributed by atoms with Crippen molar-refractivity contribution >= 4 is 27.3 Å².